The van der Waals surface area contributed by atoms with Gasteiger partial charge in [-0.05, 0) is 55.5 Å². The molecule has 2 heterocycles. The van der Waals surface area contributed by atoms with Crippen molar-refractivity contribution >= 4 is 17.5 Å². The highest BCUT2D eigenvalue weighted by Crippen LogP contribution is 2.44. The molecular formula is C28H25F3N4O4. The third kappa shape index (κ3) is 5.47. The van der Waals surface area contributed by atoms with E-state index >= 15 is 0 Å². The van der Waals surface area contributed by atoms with E-state index in [1.165, 1.54) is 18.2 Å². The van der Waals surface area contributed by atoms with Gasteiger partial charge in [-0.25, -0.2) is 18.2 Å². The number of hydrogen-bond donors (Lipinski definition) is 1. The minimum Gasteiger partial charge on any atom is -0.348 e. The summed E-state index contributed by atoms with van der Waals surface area (Å²) < 4.78 is 42.7. The van der Waals surface area contributed by atoms with Gasteiger partial charge in [-0.1, -0.05) is 18.2 Å². The number of amides is 2. The van der Waals surface area contributed by atoms with Gasteiger partial charge in [-0.15, -0.1) is 0 Å². The third-order valence-corrected chi connectivity index (χ3v) is 7.54. The molecule has 1 aromatic heterocycles. The lowest BCUT2D eigenvalue weighted by molar-refractivity contribution is -0.384. The van der Waals surface area contributed by atoms with Crippen LogP contribution in [0.25, 0.3) is 11.3 Å². The molecule has 8 nitrogen and oxygen atoms in total. The predicted octanol–water partition coefficient (Wildman–Crippen LogP) is 4.82. The topological polar surface area (TPSA) is 105 Å². The first-order valence-corrected chi connectivity index (χ1v) is 12.6. The Morgan fingerprint density at radius 2 is 1.67 bits per heavy atom. The zero-order chi connectivity index (χ0) is 27.7. The van der Waals surface area contributed by atoms with Gasteiger partial charge in [0, 0.05) is 36.7 Å². The Hall–Kier alpha value is -4.28. The second-order valence-electron chi connectivity index (χ2n) is 10.2. The zero-order valence-electron chi connectivity index (χ0n) is 20.8. The Morgan fingerprint density at radius 1 is 1.00 bits per heavy atom. The number of nitro benzene ring substituents is 1. The van der Waals surface area contributed by atoms with Crippen molar-refractivity contribution in [3.63, 3.8) is 0 Å². The number of likely N-dealkylation sites (tertiary alicyclic amines) is 1. The monoisotopic (exact) mass is 538 g/mol. The number of rotatable bonds is 6. The van der Waals surface area contributed by atoms with Crippen LogP contribution in [-0.4, -0.2) is 45.8 Å². The molecule has 0 bridgehead atoms. The largest absolute Gasteiger partial charge is 0.348 e. The summed E-state index contributed by atoms with van der Waals surface area (Å²) in [7, 11) is 0. The molecule has 1 saturated carbocycles. The number of nitrogens with zero attached hydrogens (tertiary/aromatic N) is 3. The summed E-state index contributed by atoms with van der Waals surface area (Å²) in [6, 6.07) is 11.2. The van der Waals surface area contributed by atoms with E-state index in [9.17, 15) is 32.9 Å². The second kappa shape index (κ2) is 10.5. The van der Waals surface area contributed by atoms with Gasteiger partial charge in [0.05, 0.1) is 16.9 Å². The fourth-order valence-corrected chi connectivity index (χ4v) is 5.42. The molecule has 0 atom stereocenters. The van der Waals surface area contributed by atoms with Crippen molar-refractivity contribution in [2.45, 2.75) is 38.1 Å². The minimum atomic E-state index is -0.977. The molecule has 5 rings (SSSR count). The summed E-state index contributed by atoms with van der Waals surface area (Å²) in [5.41, 5.74) is -0.813. The van der Waals surface area contributed by atoms with Crippen molar-refractivity contribution < 1.29 is 27.7 Å². The SMILES string of the molecule is O=C(NC1CCC2(CC1)CN(C(=O)Cc1cccc([N+](=O)[O-])c1)C2)c1ccc(F)c(-c2c(F)cccc2F)n1. The van der Waals surface area contributed by atoms with Crippen LogP contribution in [0.15, 0.2) is 54.6 Å². The molecule has 202 valence electrons. The molecule has 2 fully saturated rings. The van der Waals surface area contributed by atoms with E-state index in [4.69, 9.17) is 0 Å². The van der Waals surface area contributed by atoms with Crippen molar-refractivity contribution in [1.29, 1.82) is 0 Å². The number of nitrogens with one attached hydrogen (secondary N) is 1. The molecular weight excluding hydrogens is 513 g/mol. The number of non-ortho nitro benzene ring substituents is 1. The molecule has 1 saturated heterocycles. The Kier molecular flexibility index (Phi) is 7.07. The van der Waals surface area contributed by atoms with Crippen molar-refractivity contribution in [3.05, 3.63) is 93.4 Å². The number of nitro groups is 1. The lowest BCUT2D eigenvalue weighted by atomic mass is 9.67. The first kappa shape index (κ1) is 26.3. The lowest BCUT2D eigenvalue weighted by Gasteiger charge is -2.53. The van der Waals surface area contributed by atoms with Crippen molar-refractivity contribution in [3.8, 4) is 11.3 Å². The highest BCUT2D eigenvalue weighted by Gasteiger charge is 2.46. The standard InChI is InChI=1S/C28H25F3N4O4/c29-20-5-2-6-21(30)25(20)26-22(31)7-8-23(33-26)27(37)32-18-9-11-28(12-10-18)15-34(16-28)24(36)14-17-3-1-4-19(13-17)35(38)39/h1-8,13,18H,9-12,14-16H2,(H,32,37). The predicted molar refractivity (Wildman–Crippen MR) is 135 cm³/mol. The lowest BCUT2D eigenvalue weighted by Crippen LogP contribution is -2.60. The van der Waals surface area contributed by atoms with Crippen molar-refractivity contribution in [2.75, 3.05) is 13.1 Å². The van der Waals surface area contributed by atoms with Crippen LogP contribution in [0.1, 0.15) is 41.7 Å². The van der Waals surface area contributed by atoms with Gasteiger partial charge in [0.1, 0.15) is 28.8 Å². The quantitative estimate of drug-likeness (QED) is 0.358. The van der Waals surface area contributed by atoms with Crippen molar-refractivity contribution in [2.24, 2.45) is 5.41 Å². The van der Waals surface area contributed by atoms with Gasteiger partial charge in [0.15, 0.2) is 0 Å². The number of hydrogen-bond acceptors (Lipinski definition) is 5. The molecule has 39 heavy (non-hydrogen) atoms. The van der Waals surface area contributed by atoms with Gasteiger partial charge in [-0.2, -0.15) is 0 Å². The average Bonchev–Trinajstić information content (AvgIpc) is 2.89. The zero-order valence-corrected chi connectivity index (χ0v) is 20.8. The highest BCUT2D eigenvalue weighted by atomic mass is 19.1. The Balaban J connectivity index is 1.15. The fraction of sp³-hybridized carbons (Fsp3) is 0.321. The maximum Gasteiger partial charge on any atom is 0.270 e. The number of benzene rings is 2. The maximum absolute atomic E-state index is 14.3. The summed E-state index contributed by atoms with van der Waals surface area (Å²) in [6.07, 6.45) is 3.03. The molecule has 2 aromatic carbocycles. The van der Waals surface area contributed by atoms with Crippen LogP contribution >= 0.6 is 0 Å². The maximum atomic E-state index is 14.3. The van der Waals surface area contributed by atoms with Crippen LogP contribution in [0, 0.1) is 33.0 Å². The number of carbonyl (C=O) groups excluding carboxylic acids is 2. The van der Waals surface area contributed by atoms with Gasteiger partial charge in [0.25, 0.3) is 11.6 Å². The molecule has 1 N–H and O–H groups in total. The first-order valence-electron chi connectivity index (χ1n) is 12.6. The highest BCUT2D eigenvalue weighted by molar-refractivity contribution is 5.93. The van der Waals surface area contributed by atoms with Crippen LogP contribution in [0.2, 0.25) is 0 Å². The molecule has 0 radical (unpaired) electrons. The second-order valence-corrected chi connectivity index (χ2v) is 10.2. The summed E-state index contributed by atoms with van der Waals surface area (Å²) >= 11 is 0. The fourth-order valence-electron chi connectivity index (χ4n) is 5.42. The van der Waals surface area contributed by atoms with E-state index < -0.39 is 39.5 Å². The van der Waals surface area contributed by atoms with Gasteiger partial charge < -0.3 is 10.2 Å². The van der Waals surface area contributed by atoms with E-state index in [0.717, 1.165) is 37.1 Å². The smallest absolute Gasteiger partial charge is 0.270 e. The normalized spacial score (nSPS) is 16.5. The van der Waals surface area contributed by atoms with Crippen LogP contribution in [0.3, 0.4) is 0 Å². The van der Waals surface area contributed by atoms with Gasteiger partial charge in [-0.3, -0.25) is 19.7 Å². The van der Waals surface area contributed by atoms with E-state index in [2.05, 4.69) is 10.3 Å². The molecule has 1 aliphatic carbocycles. The van der Waals surface area contributed by atoms with Crippen LogP contribution in [0.4, 0.5) is 18.9 Å². The van der Waals surface area contributed by atoms with Crippen molar-refractivity contribution in [1.82, 2.24) is 15.2 Å². The van der Waals surface area contributed by atoms with E-state index in [-0.39, 0.29) is 35.2 Å². The number of pyridine rings is 1. The number of carbonyl (C=O) groups is 2. The Morgan fingerprint density at radius 3 is 2.33 bits per heavy atom. The molecule has 3 aromatic rings. The Labute approximate surface area is 222 Å². The van der Waals surface area contributed by atoms with E-state index in [1.807, 2.05) is 0 Å². The Bertz CT molecular complexity index is 1430. The van der Waals surface area contributed by atoms with E-state index in [0.29, 0.717) is 31.5 Å². The summed E-state index contributed by atoms with van der Waals surface area (Å²) in [6.45, 7) is 1.19. The summed E-state index contributed by atoms with van der Waals surface area (Å²) in [5.74, 6) is -3.54. The van der Waals surface area contributed by atoms with Crippen LogP contribution < -0.4 is 5.32 Å². The average molecular weight is 539 g/mol. The molecule has 1 aliphatic heterocycles. The number of aromatic nitrogens is 1. The number of halogens is 3. The van der Waals surface area contributed by atoms with Crippen LogP contribution in [0.5, 0.6) is 0 Å². The van der Waals surface area contributed by atoms with Gasteiger partial charge in [0.2, 0.25) is 5.91 Å². The molecule has 2 amide bonds. The minimum absolute atomic E-state index is 0.0246. The molecule has 11 heteroatoms. The molecule has 0 unspecified atom stereocenters. The van der Waals surface area contributed by atoms with E-state index in [1.54, 1.807) is 17.0 Å². The van der Waals surface area contributed by atoms with Crippen LogP contribution in [-0.2, 0) is 11.2 Å². The first-order chi connectivity index (χ1) is 18.6. The third-order valence-electron chi connectivity index (χ3n) is 7.54. The summed E-state index contributed by atoms with van der Waals surface area (Å²) in [5, 5.41) is 13.8. The molecule has 1 spiro atoms. The summed E-state index contributed by atoms with van der Waals surface area (Å²) in [4.78, 5) is 41.7. The van der Waals surface area contributed by atoms with Gasteiger partial charge >= 0.3 is 0 Å². The molecule has 2 aliphatic rings.